The Bertz CT molecular complexity index is 911. The lowest BCUT2D eigenvalue weighted by atomic mass is 10.1. The van der Waals surface area contributed by atoms with Gasteiger partial charge in [-0.25, -0.2) is 5.01 Å². The number of benzene rings is 2. The topological polar surface area (TPSA) is 103 Å². The molecule has 3 rings (SSSR count). The van der Waals surface area contributed by atoms with Crippen LogP contribution in [0.3, 0.4) is 0 Å². The van der Waals surface area contributed by atoms with Crippen molar-refractivity contribution < 1.29 is 14.4 Å². The molecule has 1 heterocycles. The summed E-state index contributed by atoms with van der Waals surface area (Å²) in [5.74, 6) is -1.09. The number of anilines is 2. The van der Waals surface area contributed by atoms with Crippen molar-refractivity contribution in [3.63, 3.8) is 0 Å². The molecular formula is C20H21N5O3. The molecule has 0 spiro atoms. The number of aliphatic imine (C=N–C) groups is 1. The number of hydrazine groups is 1. The molecule has 1 aliphatic rings. The Morgan fingerprint density at radius 2 is 1.79 bits per heavy atom. The summed E-state index contributed by atoms with van der Waals surface area (Å²) in [5.41, 5.74) is 4.07. The number of nitrogens with one attached hydrogen (secondary N) is 3. The zero-order valence-electron chi connectivity index (χ0n) is 15.4. The second-order valence-electron chi connectivity index (χ2n) is 6.10. The van der Waals surface area contributed by atoms with Gasteiger partial charge in [0.2, 0.25) is 5.84 Å². The van der Waals surface area contributed by atoms with Crippen LogP contribution < -0.4 is 21.1 Å². The van der Waals surface area contributed by atoms with E-state index in [4.69, 9.17) is 0 Å². The van der Waals surface area contributed by atoms with Crippen molar-refractivity contribution in [2.24, 2.45) is 4.99 Å². The Hall–Kier alpha value is -3.68. The molecule has 1 aliphatic heterocycles. The lowest BCUT2D eigenvalue weighted by Crippen LogP contribution is -2.54. The van der Waals surface area contributed by atoms with Gasteiger partial charge in [0.15, 0.2) is 0 Å². The van der Waals surface area contributed by atoms with Gasteiger partial charge >= 0.3 is 0 Å². The van der Waals surface area contributed by atoms with Gasteiger partial charge in [-0.05, 0) is 30.7 Å². The number of para-hydroxylation sites is 2. The molecular weight excluding hydrogens is 358 g/mol. The molecule has 0 bridgehead atoms. The summed E-state index contributed by atoms with van der Waals surface area (Å²) in [4.78, 5) is 41.1. The third kappa shape index (κ3) is 4.35. The van der Waals surface area contributed by atoms with Crippen molar-refractivity contribution in [3.8, 4) is 0 Å². The number of hydrogen-bond donors (Lipinski definition) is 3. The highest BCUT2D eigenvalue weighted by Crippen LogP contribution is 2.16. The monoisotopic (exact) mass is 379 g/mol. The molecule has 28 heavy (non-hydrogen) atoms. The molecule has 0 atom stereocenters. The molecule has 8 nitrogen and oxygen atoms in total. The molecule has 8 heteroatoms. The number of carbonyl (C=O) groups is 3. The zero-order valence-corrected chi connectivity index (χ0v) is 15.4. The first-order chi connectivity index (χ1) is 13.6. The van der Waals surface area contributed by atoms with E-state index in [0.717, 1.165) is 6.42 Å². The SMILES string of the molecule is CCCNC(=O)c1ccccc1NC(=O)C1=NCC(=O)N(c2ccccc2)N1. The normalized spacial score (nSPS) is 13.4. The van der Waals surface area contributed by atoms with Crippen molar-refractivity contribution in [2.75, 3.05) is 23.4 Å². The minimum Gasteiger partial charge on any atom is -0.352 e. The summed E-state index contributed by atoms with van der Waals surface area (Å²) in [6.07, 6.45) is 0.810. The van der Waals surface area contributed by atoms with E-state index in [0.29, 0.717) is 23.5 Å². The Morgan fingerprint density at radius 3 is 2.54 bits per heavy atom. The molecule has 0 aliphatic carbocycles. The fourth-order valence-electron chi connectivity index (χ4n) is 2.63. The van der Waals surface area contributed by atoms with Crippen LogP contribution in [0.1, 0.15) is 23.7 Å². The van der Waals surface area contributed by atoms with E-state index in [1.165, 1.54) is 5.01 Å². The summed E-state index contributed by atoms with van der Waals surface area (Å²) >= 11 is 0. The molecule has 0 fully saturated rings. The average molecular weight is 379 g/mol. The molecule has 3 N–H and O–H groups in total. The summed E-state index contributed by atoms with van der Waals surface area (Å²) in [6.45, 7) is 2.35. The van der Waals surface area contributed by atoms with Crippen molar-refractivity contribution in [1.29, 1.82) is 0 Å². The fourth-order valence-corrected chi connectivity index (χ4v) is 2.63. The Labute approximate surface area is 162 Å². The van der Waals surface area contributed by atoms with E-state index in [-0.39, 0.29) is 24.2 Å². The van der Waals surface area contributed by atoms with Gasteiger partial charge in [-0.3, -0.25) is 24.8 Å². The van der Waals surface area contributed by atoms with Crippen LogP contribution in [0, 0.1) is 0 Å². The highest BCUT2D eigenvalue weighted by atomic mass is 16.2. The minimum absolute atomic E-state index is 0.00720. The van der Waals surface area contributed by atoms with Gasteiger partial charge in [0.1, 0.15) is 6.54 Å². The summed E-state index contributed by atoms with van der Waals surface area (Å²) in [7, 11) is 0. The first kappa shape index (κ1) is 19.1. The maximum Gasteiger partial charge on any atom is 0.292 e. The second kappa shape index (κ2) is 8.81. The summed E-state index contributed by atoms with van der Waals surface area (Å²) in [6, 6.07) is 15.6. The van der Waals surface area contributed by atoms with Crippen LogP contribution >= 0.6 is 0 Å². The third-order valence-corrected chi connectivity index (χ3v) is 4.02. The molecule has 0 saturated heterocycles. The van der Waals surface area contributed by atoms with Crippen molar-refractivity contribution in [1.82, 2.24) is 10.7 Å². The van der Waals surface area contributed by atoms with Crippen LogP contribution in [0.5, 0.6) is 0 Å². The summed E-state index contributed by atoms with van der Waals surface area (Å²) in [5, 5.41) is 6.76. The quantitative estimate of drug-likeness (QED) is 0.711. The summed E-state index contributed by atoms with van der Waals surface area (Å²) < 4.78 is 0. The molecule has 3 amide bonds. The van der Waals surface area contributed by atoms with Gasteiger partial charge in [-0.1, -0.05) is 37.3 Å². The fraction of sp³-hybridized carbons (Fsp3) is 0.200. The lowest BCUT2D eigenvalue weighted by molar-refractivity contribution is -0.118. The van der Waals surface area contributed by atoms with Crippen molar-refractivity contribution >= 4 is 34.9 Å². The van der Waals surface area contributed by atoms with Crippen LogP contribution in [-0.4, -0.2) is 36.6 Å². The Balaban J connectivity index is 1.75. The van der Waals surface area contributed by atoms with Gasteiger partial charge in [0, 0.05) is 6.54 Å². The molecule has 0 aromatic heterocycles. The van der Waals surface area contributed by atoms with E-state index in [9.17, 15) is 14.4 Å². The zero-order chi connectivity index (χ0) is 19.9. The van der Waals surface area contributed by atoms with E-state index < -0.39 is 5.91 Å². The molecule has 0 saturated carbocycles. The van der Waals surface area contributed by atoms with Gasteiger partial charge < -0.3 is 10.6 Å². The number of nitrogens with zero attached hydrogens (tertiary/aromatic N) is 2. The van der Waals surface area contributed by atoms with Crippen LogP contribution in [0.15, 0.2) is 59.6 Å². The van der Waals surface area contributed by atoms with Crippen LogP contribution in [0.2, 0.25) is 0 Å². The van der Waals surface area contributed by atoms with Gasteiger partial charge in [0.25, 0.3) is 17.7 Å². The predicted octanol–water partition coefficient (Wildman–Crippen LogP) is 1.71. The predicted molar refractivity (Wildman–Crippen MR) is 107 cm³/mol. The Morgan fingerprint density at radius 1 is 1.07 bits per heavy atom. The molecule has 0 unspecified atom stereocenters. The van der Waals surface area contributed by atoms with Crippen molar-refractivity contribution in [2.45, 2.75) is 13.3 Å². The number of carbonyl (C=O) groups excluding carboxylic acids is 3. The number of rotatable bonds is 6. The second-order valence-corrected chi connectivity index (χ2v) is 6.10. The van der Waals surface area contributed by atoms with Gasteiger partial charge in [-0.2, -0.15) is 0 Å². The van der Waals surface area contributed by atoms with Crippen LogP contribution in [-0.2, 0) is 9.59 Å². The standard InChI is InChI=1S/C20H21N5O3/c1-2-12-21-19(27)15-10-6-7-11-16(15)23-20(28)18-22-13-17(26)25(24-18)14-8-4-3-5-9-14/h3-11H,2,12-13H2,1H3,(H,21,27)(H,22,24)(H,23,28). The van der Waals surface area contributed by atoms with Crippen LogP contribution in [0.25, 0.3) is 0 Å². The highest BCUT2D eigenvalue weighted by molar-refractivity contribution is 6.43. The molecule has 144 valence electrons. The van der Waals surface area contributed by atoms with Gasteiger partial charge in [-0.15, -0.1) is 0 Å². The molecule has 2 aromatic rings. The van der Waals surface area contributed by atoms with E-state index in [1.807, 2.05) is 13.0 Å². The number of hydrogen-bond acceptors (Lipinski definition) is 5. The first-order valence-electron chi connectivity index (χ1n) is 8.98. The van der Waals surface area contributed by atoms with E-state index in [1.54, 1.807) is 48.5 Å². The maximum atomic E-state index is 12.7. The minimum atomic E-state index is -0.538. The third-order valence-electron chi connectivity index (χ3n) is 4.02. The smallest absolute Gasteiger partial charge is 0.292 e. The Kier molecular flexibility index (Phi) is 6.01. The number of amides is 3. The van der Waals surface area contributed by atoms with Crippen molar-refractivity contribution in [3.05, 3.63) is 60.2 Å². The average Bonchev–Trinajstić information content (AvgIpc) is 2.73. The number of amidine groups is 1. The largest absolute Gasteiger partial charge is 0.352 e. The van der Waals surface area contributed by atoms with Crippen LogP contribution in [0.4, 0.5) is 11.4 Å². The highest BCUT2D eigenvalue weighted by Gasteiger charge is 2.26. The molecule has 2 aromatic carbocycles. The van der Waals surface area contributed by atoms with E-state index in [2.05, 4.69) is 21.1 Å². The molecule has 0 radical (unpaired) electrons. The lowest BCUT2D eigenvalue weighted by Gasteiger charge is -2.27. The maximum absolute atomic E-state index is 12.7. The van der Waals surface area contributed by atoms with Gasteiger partial charge in [0.05, 0.1) is 16.9 Å². The first-order valence-corrected chi connectivity index (χ1v) is 8.98. The van der Waals surface area contributed by atoms with E-state index >= 15 is 0 Å².